The fourth-order valence-corrected chi connectivity index (χ4v) is 2.35. The zero-order valence-corrected chi connectivity index (χ0v) is 10.6. The minimum Gasteiger partial charge on any atom is -0.338 e. The van der Waals surface area contributed by atoms with E-state index in [-0.39, 0.29) is 5.91 Å². The molecule has 1 aromatic carbocycles. The molecule has 17 heavy (non-hydrogen) atoms. The molecule has 92 valence electrons. The van der Waals surface area contributed by atoms with Gasteiger partial charge in [0.25, 0.3) is 0 Å². The third-order valence-corrected chi connectivity index (χ3v) is 3.71. The van der Waals surface area contributed by atoms with Gasteiger partial charge in [-0.2, -0.15) is 0 Å². The highest BCUT2D eigenvalue weighted by Crippen LogP contribution is 2.21. The van der Waals surface area contributed by atoms with Crippen LogP contribution in [0.25, 0.3) is 0 Å². The fourth-order valence-electron chi connectivity index (χ4n) is 2.35. The molecule has 0 radical (unpaired) electrons. The van der Waals surface area contributed by atoms with Gasteiger partial charge in [0.2, 0.25) is 5.91 Å². The molecule has 1 aliphatic rings. The van der Waals surface area contributed by atoms with Crippen molar-refractivity contribution in [3.8, 4) is 0 Å². The smallest absolute Gasteiger partial charge is 0.223 e. The molecule has 1 aromatic rings. The summed E-state index contributed by atoms with van der Waals surface area (Å²) in [6.45, 7) is 6.36. The predicted octanol–water partition coefficient (Wildman–Crippen LogP) is 1.61. The maximum Gasteiger partial charge on any atom is 0.223 e. The van der Waals surface area contributed by atoms with E-state index in [1.807, 2.05) is 4.90 Å². The van der Waals surface area contributed by atoms with Crippen molar-refractivity contribution in [3.05, 3.63) is 34.9 Å². The SMILES string of the molecule is Cc1cccc(CN2CC(CN)CC2=O)c1C. The highest BCUT2D eigenvalue weighted by molar-refractivity contribution is 5.78. The van der Waals surface area contributed by atoms with Crippen LogP contribution >= 0.6 is 0 Å². The lowest BCUT2D eigenvalue weighted by Crippen LogP contribution is -2.26. The van der Waals surface area contributed by atoms with E-state index in [4.69, 9.17) is 5.73 Å². The van der Waals surface area contributed by atoms with E-state index >= 15 is 0 Å². The molecular formula is C14H20N2O. The number of benzene rings is 1. The van der Waals surface area contributed by atoms with Crippen molar-refractivity contribution in [2.24, 2.45) is 11.7 Å². The Balaban J connectivity index is 2.11. The van der Waals surface area contributed by atoms with E-state index < -0.39 is 0 Å². The van der Waals surface area contributed by atoms with Crippen LogP contribution < -0.4 is 5.73 Å². The molecule has 0 bridgehead atoms. The number of nitrogens with two attached hydrogens (primary N) is 1. The molecule has 1 atom stereocenters. The van der Waals surface area contributed by atoms with Crippen molar-refractivity contribution in [3.63, 3.8) is 0 Å². The second-order valence-corrected chi connectivity index (χ2v) is 4.94. The Morgan fingerprint density at radius 3 is 2.82 bits per heavy atom. The first-order valence-electron chi connectivity index (χ1n) is 6.14. The van der Waals surface area contributed by atoms with Crippen molar-refractivity contribution in [1.82, 2.24) is 4.90 Å². The predicted molar refractivity (Wildman–Crippen MR) is 68.5 cm³/mol. The Bertz CT molecular complexity index is 428. The quantitative estimate of drug-likeness (QED) is 0.860. The van der Waals surface area contributed by atoms with Crippen LogP contribution in [0, 0.1) is 19.8 Å². The molecule has 3 heteroatoms. The molecule has 0 saturated carbocycles. The van der Waals surface area contributed by atoms with Crippen LogP contribution in [0.3, 0.4) is 0 Å². The molecule has 1 fully saturated rings. The van der Waals surface area contributed by atoms with E-state index in [0.717, 1.165) is 13.1 Å². The third kappa shape index (κ3) is 2.50. The van der Waals surface area contributed by atoms with E-state index in [9.17, 15) is 4.79 Å². The zero-order chi connectivity index (χ0) is 12.4. The normalized spacial score (nSPS) is 20.1. The van der Waals surface area contributed by atoms with Gasteiger partial charge in [0.15, 0.2) is 0 Å². The van der Waals surface area contributed by atoms with Crippen LogP contribution in [0.15, 0.2) is 18.2 Å². The highest BCUT2D eigenvalue weighted by Gasteiger charge is 2.28. The van der Waals surface area contributed by atoms with E-state index in [2.05, 4.69) is 32.0 Å². The lowest BCUT2D eigenvalue weighted by Gasteiger charge is -2.18. The van der Waals surface area contributed by atoms with E-state index in [1.165, 1.54) is 16.7 Å². The number of nitrogens with zero attached hydrogens (tertiary/aromatic N) is 1. The molecule has 2 rings (SSSR count). The molecule has 1 aliphatic heterocycles. The lowest BCUT2D eigenvalue weighted by atomic mass is 10.0. The van der Waals surface area contributed by atoms with Gasteiger partial charge in [-0.3, -0.25) is 4.79 Å². The Kier molecular flexibility index (Phi) is 3.48. The lowest BCUT2D eigenvalue weighted by molar-refractivity contribution is -0.128. The van der Waals surface area contributed by atoms with E-state index in [1.54, 1.807) is 0 Å². The summed E-state index contributed by atoms with van der Waals surface area (Å²) in [6, 6.07) is 6.26. The molecule has 0 aromatic heterocycles. The summed E-state index contributed by atoms with van der Waals surface area (Å²) < 4.78 is 0. The maximum atomic E-state index is 11.8. The Labute approximate surface area is 103 Å². The number of hydrogen-bond donors (Lipinski definition) is 1. The average molecular weight is 232 g/mol. The van der Waals surface area contributed by atoms with Gasteiger partial charge in [-0.1, -0.05) is 18.2 Å². The fraction of sp³-hybridized carbons (Fsp3) is 0.500. The second-order valence-electron chi connectivity index (χ2n) is 4.94. The first-order chi connectivity index (χ1) is 8.11. The summed E-state index contributed by atoms with van der Waals surface area (Å²) in [4.78, 5) is 13.7. The monoisotopic (exact) mass is 232 g/mol. The standard InChI is InChI=1S/C14H20N2O/c1-10-4-3-5-13(11(10)2)9-16-8-12(7-15)6-14(16)17/h3-5,12H,6-9,15H2,1-2H3. The molecule has 1 saturated heterocycles. The topological polar surface area (TPSA) is 46.3 Å². The number of carbonyl (C=O) groups excluding carboxylic acids is 1. The van der Waals surface area contributed by atoms with Crippen molar-refractivity contribution in [2.75, 3.05) is 13.1 Å². The minimum atomic E-state index is 0.237. The van der Waals surface area contributed by atoms with E-state index in [0.29, 0.717) is 18.9 Å². The molecule has 1 unspecified atom stereocenters. The number of rotatable bonds is 3. The van der Waals surface area contributed by atoms with Gasteiger partial charge in [-0.25, -0.2) is 0 Å². The molecular weight excluding hydrogens is 212 g/mol. The van der Waals surface area contributed by atoms with Crippen LogP contribution in [0.1, 0.15) is 23.1 Å². The van der Waals surface area contributed by atoms with Gasteiger partial charge >= 0.3 is 0 Å². The van der Waals surface area contributed by atoms with Crippen LogP contribution in [-0.2, 0) is 11.3 Å². The van der Waals surface area contributed by atoms with Crippen LogP contribution in [0.5, 0.6) is 0 Å². The van der Waals surface area contributed by atoms with Gasteiger partial charge in [-0.15, -0.1) is 0 Å². The maximum absolute atomic E-state index is 11.8. The molecule has 3 nitrogen and oxygen atoms in total. The Morgan fingerprint density at radius 2 is 2.18 bits per heavy atom. The number of amides is 1. The summed E-state index contributed by atoms with van der Waals surface area (Å²) in [6.07, 6.45) is 0.612. The Hall–Kier alpha value is -1.35. The van der Waals surface area contributed by atoms with Gasteiger partial charge in [0.05, 0.1) is 0 Å². The van der Waals surface area contributed by atoms with Crippen LogP contribution in [-0.4, -0.2) is 23.9 Å². The van der Waals surface area contributed by atoms with Gasteiger partial charge in [-0.05, 0) is 43.0 Å². The van der Waals surface area contributed by atoms with Gasteiger partial charge in [0.1, 0.15) is 0 Å². The summed E-state index contributed by atoms with van der Waals surface area (Å²) in [7, 11) is 0. The molecule has 2 N–H and O–H groups in total. The number of carbonyl (C=O) groups is 1. The first kappa shape index (κ1) is 12.1. The summed E-state index contributed by atoms with van der Waals surface area (Å²) in [5, 5.41) is 0. The summed E-state index contributed by atoms with van der Waals surface area (Å²) in [5.41, 5.74) is 9.44. The first-order valence-corrected chi connectivity index (χ1v) is 6.14. The van der Waals surface area contributed by atoms with Crippen LogP contribution in [0.4, 0.5) is 0 Å². The zero-order valence-electron chi connectivity index (χ0n) is 10.6. The van der Waals surface area contributed by atoms with Crippen molar-refractivity contribution in [2.45, 2.75) is 26.8 Å². The largest absolute Gasteiger partial charge is 0.338 e. The third-order valence-electron chi connectivity index (χ3n) is 3.71. The van der Waals surface area contributed by atoms with Gasteiger partial charge in [0, 0.05) is 19.5 Å². The molecule has 1 heterocycles. The summed E-state index contributed by atoms with van der Waals surface area (Å²) in [5.74, 6) is 0.578. The molecule has 1 amide bonds. The molecule has 0 spiro atoms. The highest BCUT2D eigenvalue weighted by atomic mass is 16.2. The van der Waals surface area contributed by atoms with Crippen molar-refractivity contribution >= 4 is 5.91 Å². The number of likely N-dealkylation sites (tertiary alicyclic amines) is 1. The van der Waals surface area contributed by atoms with Gasteiger partial charge < -0.3 is 10.6 Å². The number of hydrogen-bond acceptors (Lipinski definition) is 2. The van der Waals surface area contributed by atoms with Crippen molar-refractivity contribution in [1.29, 1.82) is 0 Å². The summed E-state index contributed by atoms with van der Waals surface area (Å²) >= 11 is 0. The van der Waals surface area contributed by atoms with Crippen molar-refractivity contribution < 1.29 is 4.79 Å². The Morgan fingerprint density at radius 1 is 1.41 bits per heavy atom. The minimum absolute atomic E-state index is 0.237. The second kappa shape index (κ2) is 4.88. The molecule has 0 aliphatic carbocycles. The van der Waals surface area contributed by atoms with Crippen LogP contribution in [0.2, 0.25) is 0 Å². The number of aryl methyl sites for hydroxylation is 1. The average Bonchev–Trinajstić information content (AvgIpc) is 2.66.